The number of nitrogens with one attached hydrogen (secondary N) is 2. The molecule has 3 rings (SSSR count). The van der Waals surface area contributed by atoms with Crippen molar-refractivity contribution in [1.29, 1.82) is 0 Å². The monoisotopic (exact) mass is 392 g/mol. The second-order valence-electron chi connectivity index (χ2n) is 5.47. The maximum Gasteiger partial charge on any atom is 0.387 e. The first-order valence-electron chi connectivity index (χ1n) is 7.89. The number of halogens is 3. The number of ether oxygens (including phenoxy) is 1. The zero-order valence-electron chi connectivity index (χ0n) is 13.9. The molecule has 0 fully saturated rings. The number of benzene rings is 2. The van der Waals surface area contributed by atoms with E-state index in [1.54, 1.807) is 47.3 Å². The molecule has 140 valence electrons. The number of thiocarbonyl (C=S) groups is 1. The molecular weight excluding hydrogens is 377 g/mol. The van der Waals surface area contributed by atoms with E-state index in [1.807, 2.05) is 0 Å². The van der Waals surface area contributed by atoms with Crippen LogP contribution < -0.4 is 15.4 Å². The van der Waals surface area contributed by atoms with Crippen LogP contribution in [0.5, 0.6) is 5.75 Å². The van der Waals surface area contributed by atoms with Crippen molar-refractivity contribution in [2.24, 2.45) is 0 Å². The van der Waals surface area contributed by atoms with E-state index in [4.69, 9.17) is 12.2 Å². The van der Waals surface area contributed by atoms with E-state index in [0.29, 0.717) is 16.9 Å². The molecule has 0 atom stereocenters. The number of nitrogens with zero attached hydrogens (tertiary/aromatic N) is 2. The Kier molecular flexibility index (Phi) is 5.92. The zero-order chi connectivity index (χ0) is 19.2. The highest BCUT2D eigenvalue weighted by Crippen LogP contribution is 2.25. The molecule has 5 nitrogen and oxygen atoms in total. The van der Waals surface area contributed by atoms with Crippen LogP contribution in [0.15, 0.2) is 60.9 Å². The van der Waals surface area contributed by atoms with Crippen LogP contribution in [0.4, 0.5) is 24.5 Å². The van der Waals surface area contributed by atoms with Gasteiger partial charge in [-0.1, -0.05) is 30.3 Å². The van der Waals surface area contributed by atoms with Gasteiger partial charge in [0, 0.05) is 11.8 Å². The van der Waals surface area contributed by atoms with Crippen molar-refractivity contribution in [2.75, 3.05) is 10.6 Å². The van der Waals surface area contributed by atoms with E-state index < -0.39 is 6.61 Å². The van der Waals surface area contributed by atoms with Crippen molar-refractivity contribution in [3.05, 3.63) is 72.3 Å². The lowest BCUT2D eigenvalue weighted by Crippen LogP contribution is -2.19. The van der Waals surface area contributed by atoms with E-state index in [9.17, 15) is 13.2 Å². The lowest BCUT2D eigenvalue weighted by Gasteiger charge is -2.13. The Morgan fingerprint density at radius 1 is 1.11 bits per heavy atom. The molecule has 0 aliphatic carbocycles. The number of hydrogen-bond donors (Lipinski definition) is 2. The number of anilines is 2. The third-order valence-electron chi connectivity index (χ3n) is 3.53. The average molecular weight is 392 g/mol. The first kappa shape index (κ1) is 18.7. The van der Waals surface area contributed by atoms with Crippen LogP contribution in [0.3, 0.4) is 0 Å². The summed E-state index contributed by atoms with van der Waals surface area (Å²) in [4.78, 5) is 0. The SMILES string of the molecule is Fc1ccccc1Cn1cc(NC(=S)Nc2ccccc2OC(F)F)cn1. The van der Waals surface area contributed by atoms with Gasteiger partial charge in [-0.05, 0) is 30.4 Å². The fourth-order valence-electron chi connectivity index (χ4n) is 2.37. The van der Waals surface area contributed by atoms with Crippen molar-refractivity contribution >= 4 is 28.7 Å². The first-order valence-corrected chi connectivity index (χ1v) is 8.30. The third kappa shape index (κ3) is 5.20. The summed E-state index contributed by atoms with van der Waals surface area (Å²) in [7, 11) is 0. The van der Waals surface area contributed by atoms with E-state index >= 15 is 0 Å². The molecule has 1 aromatic heterocycles. The Bertz CT molecular complexity index is 932. The maximum absolute atomic E-state index is 13.7. The van der Waals surface area contributed by atoms with E-state index in [-0.39, 0.29) is 23.2 Å². The quantitative estimate of drug-likeness (QED) is 0.606. The molecular formula is C18H15F3N4OS. The number of para-hydroxylation sites is 2. The van der Waals surface area contributed by atoms with Crippen LogP contribution in [0.1, 0.15) is 5.56 Å². The van der Waals surface area contributed by atoms with Crippen molar-refractivity contribution in [2.45, 2.75) is 13.2 Å². The predicted molar refractivity (Wildman–Crippen MR) is 101 cm³/mol. The topological polar surface area (TPSA) is 51.1 Å². The summed E-state index contributed by atoms with van der Waals surface area (Å²) >= 11 is 5.19. The van der Waals surface area contributed by atoms with Crippen molar-refractivity contribution < 1.29 is 17.9 Å². The Hall–Kier alpha value is -3.07. The van der Waals surface area contributed by atoms with Gasteiger partial charge in [0.25, 0.3) is 0 Å². The van der Waals surface area contributed by atoms with Gasteiger partial charge in [-0.3, -0.25) is 4.68 Å². The van der Waals surface area contributed by atoms with Crippen LogP contribution in [-0.2, 0) is 6.54 Å². The van der Waals surface area contributed by atoms with Crippen molar-refractivity contribution in [1.82, 2.24) is 9.78 Å². The van der Waals surface area contributed by atoms with E-state index in [1.165, 1.54) is 18.3 Å². The van der Waals surface area contributed by atoms with Crippen LogP contribution in [0.2, 0.25) is 0 Å². The molecule has 27 heavy (non-hydrogen) atoms. The summed E-state index contributed by atoms with van der Waals surface area (Å²) in [6, 6.07) is 12.6. The minimum absolute atomic E-state index is 0.0214. The highest BCUT2D eigenvalue weighted by molar-refractivity contribution is 7.80. The van der Waals surface area contributed by atoms with Crippen molar-refractivity contribution in [3.63, 3.8) is 0 Å². The standard InChI is InChI=1S/C18H15F3N4OS/c19-14-6-2-1-5-12(14)10-25-11-13(9-22-25)23-18(27)24-15-7-3-4-8-16(15)26-17(20)21/h1-9,11,17H,10H2,(H2,23,24,27). The summed E-state index contributed by atoms with van der Waals surface area (Å²) in [5.41, 5.74) is 1.37. The average Bonchev–Trinajstić information content (AvgIpc) is 3.05. The molecule has 0 radical (unpaired) electrons. The Balaban J connectivity index is 1.62. The molecule has 3 aromatic rings. The summed E-state index contributed by atoms with van der Waals surface area (Å²) in [6.07, 6.45) is 3.18. The molecule has 0 bridgehead atoms. The van der Waals surface area contributed by atoms with Gasteiger partial charge < -0.3 is 15.4 Å². The molecule has 0 saturated carbocycles. The first-order chi connectivity index (χ1) is 13.0. The van der Waals surface area contributed by atoms with Gasteiger partial charge in [-0.25, -0.2) is 4.39 Å². The van der Waals surface area contributed by atoms with Gasteiger partial charge in [-0.2, -0.15) is 13.9 Å². The molecule has 0 aliphatic rings. The van der Waals surface area contributed by atoms with Crippen molar-refractivity contribution in [3.8, 4) is 5.75 Å². The lowest BCUT2D eigenvalue weighted by molar-refractivity contribution is -0.0493. The smallest absolute Gasteiger partial charge is 0.387 e. The van der Waals surface area contributed by atoms with Gasteiger partial charge in [0.1, 0.15) is 11.6 Å². The van der Waals surface area contributed by atoms with E-state index in [2.05, 4.69) is 20.5 Å². The van der Waals surface area contributed by atoms with Gasteiger partial charge >= 0.3 is 6.61 Å². The Morgan fingerprint density at radius 3 is 2.63 bits per heavy atom. The van der Waals surface area contributed by atoms with Gasteiger partial charge in [-0.15, -0.1) is 0 Å². The zero-order valence-corrected chi connectivity index (χ0v) is 14.7. The molecule has 0 spiro atoms. The molecule has 0 unspecified atom stereocenters. The summed E-state index contributed by atoms with van der Waals surface area (Å²) in [5.74, 6) is -0.331. The predicted octanol–water partition coefficient (Wildman–Crippen LogP) is 4.48. The summed E-state index contributed by atoms with van der Waals surface area (Å²) in [6.45, 7) is -2.68. The number of alkyl halides is 2. The second-order valence-corrected chi connectivity index (χ2v) is 5.88. The maximum atomic E-state index is 13.7. The Morgan fingerprint density at radius 2 is 1.85 bits per heavy atom. The lowest BCUT2D eigenvalue weighted by atomic mass is 10.2. The van der Waals surface area contributed by atoms with Gasteiger partial charge in [0.05, 0.1) is 24.1 Å². The highest BCUT2D eigenvalue weighted by atomic mass is 32.1. The number of hydrogen-bond acceptors (Lipinski definition) is 3. The van der Waals surface area contributed by atoms with Crippen LogP contribution >= 0.6 is 12.2 Å². The van der Waals surface area contributed by atoms with Gasteiger partial charge in [0.2, 0.25) is 0 Å². The van der Waals surface area contributed by atoms with Crippen LogP contribution in [0.25, 0.3) is 0 Å². The molecule has 2 N–H and O–H groups in total. The third-order valence-corrected chi connectivity index (χ3v) is 3.74. The largest absolute Gasteiger partial charge is 0.433 e. The van der Waals surface area contributed by atoms with Gasteiger partial charge in [0.15, 0.2) is 5.11 Å². The minimum Gasteiger partial charge on any atom is -0.433 e. The van der Waals surface area contributed by atoms with Crippen LogP contribution in [0, 0.1) is 5.82 Å². The number of rotatable bonds is 6. The summed E-state index contributed by atoms with van der Waals surface area (Å²) < 4.78 is 44.6. The highest BCUT2D eigenvalue weighted by Gasteiger charge is 2.11. The summed E-state index contributed by atoms with van der Waals surface area (Å²) in [5, 5.41) is 10.0. The molecule has 9 heteroatoms. The van der Waals surface area contributed by atoms with Crippen LogP contribution in [-0.4, -0.2) is 21.5 Å². The normalized spacial score (nSPS) is 10.7. The molecule has 0 amide bonds. The number of aromatic nitrogens is 2. The fraction of sp³-hybridized carbons (Fsp3) is 0.111. The minimum atomic E-state index is -2.94. The second kappa shape index (κ2) is 8.54. The Labute approximate surface area is 158 Å². The fourth-order valence-corrected chi connectivity index (χ4v) is 2.60. The molecule has 2 aromatic carbocycles. The molecule has 0 aliphatic heterocycles. The molecule has 0 saturated heterocycles. The van der Waals surface area contributed by atoms with E-state index in [0.717, 1.165) is 0 Å². The molecule has 1 heterocycles.